The molecule has 6 heteroatoms. The van der Waals surface area contributed by atoms with Crippen LogP contribution in [0.25, 0.3) is 0 Å². The summed E-state index contributed by atoms with van der Waals surface area (Å²) < 4.78 is 5.61. The SMILES string of the molecule is Cc1cccc(CN(C(=O)COc2cccc(Cl)c2)[C@@H](C)C(=O)NCC(C)C)c1. The zero-order valence-electron chi connectivity index (χ0n) is 17.4. The van der Waals surface area contributed by atoms with Crippen LogP contribution in [-0.2, 0) is 16.1 Å². The van der Waals surface area contributed by atoms with Crippen LogP contribution in [0.3, 0.4) is 0 Å². The third-order valence-corrected chi connectivity index (χ3v) is 4.68. The average Bonchev–Trinajstić information content (AvgIpc) is 2.68. The highest BCUT2D eigenvalue weighted by Gasteiger charge is 2.26. The number of benzene rings is 2. The summed E-state index contributed by atoms with van der Waals surface area (Å²) in [7, 11) is 0. The van der Waals surface area contributed by atoms with E-state index in [1.807, 2.05) is 45.0 Å². The molecule has 0 saturated carbocycles. The van der Waals surface area contributed by atoms with Crippen molar-refractivity contribution in [3.63, 3.8) is 0 Å². The highest BCUT2D eigenvalue weighted by molar-refractivity contribution is 6.30. The van der Waals surface area contributed by atoms with Crippen molar-refractivity contribution in [1.82, 2.24) is 10.2 Å². The number of nitrogens with one attached hydrogen (secondary N) is 1. The first-order valence-corrected chi connectivity index (χ1v) is 10.1. The van der Waals surface area contributed by atoms with Crippen molar-refractivity contribution in [3.8, 4) is 5.75 Å². The molecule has 0 aromatic heterocycles. The van der Waals surface area contributed by atoms with Gasteiger partial charge in [0.2, 0.25) is 5.91 Å². The van der Waals surface area contributed by atoms with E-state index in [0.29, 0.717) is 29.8 Å². The number of carbonyl (C=O) groups excluding carboxylic acids is 2. The van der Waals surface area contributed by atoms with Crippen LogP contribution in [-0.4, -0.2) is 35.9 Å². The van der Waals surface area contributed by atoms with E-state index in [2.05, 4.69) is 5.32 Å². The normalized spacial score (nSPS) is 11.8. The fourth-order valence-corrected chi connectivity index (χ4v) is 3.01. The van der Waals surface area contributed by atoms with Gasteiger partial charge in [-0.3, -0.25) is 9.59 Å². The number of aryl methyl sites for hydroxylation is 1. The number of hydrogen-bond donors (Lipinski definition) is 1. The first-order valence-electron chi connectivity index (χ1n) is 9.77. The summed E-state index contributed by atoms with van der Waals surface area (Å²) >= 11 is 5.97. The number of halogens is 1. The van der Waals surface area contributed by atoms with Crippen LogP contribution in [0.15, 0.2) is 48.5 Å². The minimum Gasteiger partial charge on any atom is -0.484 e. The zero-order chi connectivity index (χ0) is 21.4. The maximum absolute atomic E-state index is 13.0. The summed E-state index contributed by atoms with van der Waals surface area (Å²) in [6, 6.07) is 14.2. The molecule has 29 heavy (non-hydrogen) atoms. The Labute approximate surface area is 178 Å². The molecule has 1 N–H and O–H groups in total. The highest BCUT2D eigenvalue weighted by Crippen LogP contribution is 2.18. The van der Waals surface area contributed by atoms with Gasteiger partial charge < -0.3 is 15.0 Å². The molecule has 2 rings (SSSR count). The van der Waals surface area contributed by atoms with Crippen molar-refractivity contribution in [3.05, 3.63) is 64.7 Å². The smallest absolute Gasteiger partial charge is 0.261 e. The van der Waals surface area contributed by atoms with Crippen molar-refractivity contribution >= 4 is 23.4 Å². The molecule has 0 aliphatic rings. The molecule has 0 aliphatic carbocycles. The minimum atomic E-state index is -0.621. The fourth-order valence-electron chi connectivity index (χ4n) is 2.83. The largest absolute Gasteiger partial charge is 0.484 e. The van der Waals surface area contributed by atoms with E-state index in [4.69, 9.17) is 16.3 Å². The summed E-state index contributed by atoms with van der Waals surface area (Å²) in [4.78, 5) is 27.1. The highest BCUT2D eigenvalue weighted by atomic mass is 35.5. The first-order chi connectivity index (χ1) is 13.8. The summed E-state index contributed by atoms with van der Waals surface area (Å²) in [5.74, 6) is 0.401. The Kier molecular flexibility index (Phi) is 8.52. The lowest BCUT2D eigenvalue weighted by Gasteiger charge is -2.29. The van der Waals surface area contributed by atoms with Crippen LogP contribution in [0.5, 0.6) is 5.75 Å². The quantitative estimate of drug-likeness (QED) is 0.665. The van der Waals surface area contributed by atoms with Gasteiger partial charge in [-0.05, 0) is 43.5 Å². The Morgan fingerprint density at radius 1 is 1.10 bits per heavy atom. The van der Waals surface area contributed by atoms with Gasteiger partial charge in [-0.25, -0.2) is 0 Å². The Morgan fingerprint density at radius 2 is 1.83 bits per heavy atom. The van der Waals surface area contributed by atoms with Crippen LogP contribution in [0.2, 0.25) is 5.02 Å². The number of nitrogens with zero attached hydrogens (tertiary/aromatic N) is 1. The van der Waals surface area contributed by atoms with Gasteiger partial charge in [0.15, 0.2) is 6.61 Å². The van der Waals surface area contributed by atoms with Gasteiger partial charge >= 0.3 is 0 Å². The molecule has 2 amide bonds. The monoisotopic (exact) mass is 416 g/mol. The Bertz CT molecular complexity index is 838. The Hall–Kier alpha value is -2.53. The molecular formula is C23H29ClN2O3. The Balaban J connectivity index is 2.13. The van der Waals surface area contributed by atoms with Crippen molar-refractivity contribution < 1.29 is 14.3 Å². The number of hydrogen-bond acceptors (Lipinski definition) is 3. The summed E-state index contributed by atoms with van der Waals surface area (Å²) in [5.41, 5.74) is 2.06. The van der Waals surface area contributed by atoms with E-state index >= 15 is 0 Å². The molecule has 156 valence electrons. The topological polar surface area (TPSA) is 58.6 Å². The molecule has 0 unspecified atom stereocenters. The van der Waals surface area contributed by atoms with Crippen molar-refractivity contribution in [2.75, 3.05) is 13.2 Å². The second-order valence-electron chi connectivity index (χ2n) is 7.57. The van der Waals surface area contributed by atoms with E-state index in [9.17, 15) is 9.59 Å². The molecule has 0 bridgehead atoms. The fraction of sp³-hybridized carbons (Fsp3) is 0.391. The van der Waals surface area contributed by atoms with Crippen molar-refractivity contribution in [2.45, 2.75) is 40.3 Å². The van der Waals surface area contributed by atoms with Crippen LogP contribution < -0.4 is 10.1 Å². The van der Waals surface area contributed by atoms with Gasteiger partial charge in [0, 0.05) is 18.1 Å². The van der Waals surface area contributed by atoms with Gasteiger partial charge in [-0.15, -0.1) is 0 Å². The molecular weight excluding hydrogens is 388 g/mol. The molecule has 0 heterocycles. The zero-order valence-corrected chi connectivity index (χ0v) is 18.2. The van der Waals surface area contributed by atoms with Crippen LogP contribution in [0.4, 0.5) is 0 Å². The minimum absolute atomic E-state index is 0.173. The standard InChI is InChI=1S/C23H29ClN2O3/c1-16(2)13-25-23(28)18(4)26(14-19-8-5-7-17(3)11-19)22(27)15-29-21-10-6-9-20(24)12-21/h5-12,16,18H,13-15H2,1-4H3,(H,25,28)/t18-/m0/s1. The lowest BCUT2D eigenvalue weighted by atomic mass is 10.1. The molecule has 0 aliphatic heterocycles. The van der Waals surface area contributed by atoms with Crippen molar-refractivity contribution in [1.29, 1.82) is 0 Å². The van der Waals surface area contributed by atoms with Gasteiger partial charge in [0.25, 0.3) is 5.91 Å². The second-order valence-corrected chi connectivity index (χ2v) is 8.01. The molecule has 2 aromatic carbocycles. The lowest BCUT2D eigenvalue weighted by Crippen LogP contribution is -2.49. The molecule has 2 aromatic rings. The van der Waals surface area contributed by atoms with Gasteiger partial charge in [0.1, 0.15) is 11.8 Å². The summed E-state index contributed by atoms with van der Waals surface area (Å²) in [6.07, 6.45) is 0. The third kappa shape index (κ3) is 7.42. The van der Waals surface area contributed by atoms with Crippen molar-refractivity contribution in [2.24, 2.45) is 5.92 Å². The molecule has 0 spiro atoms. The maximum Gasteiger partial charge on any atom is 0.261 e. The number of amides is 2. The number of ether oxygens (including phenoxy) is 1. The third-order valence-electron chi connectivity index (χ3n) is 4.45. The van der Waals surface area contributed by atoms with Crippen LogP contribution in [0, 0.1) is 12.8 Å². The lowest BCUT2D eigenvalue weighted by molar-refractivity contribution is -0.142. The van der Waals surface area contributed by atoms with E-state index in [-0.39, 0.29) is 18.4 Å². The maximum atomic E-state index is 13.0. The average molecular weight is 417 g/mol. The van der Waals surface area contributed by atoms with Crippen LogP contribution >= 0.6 is 11.6 Å². The second kappa shape index (κ2) is 10.9. The summed E-state index contributed by atoms with van der Waals surface area (Å²) in [6.45, 7) is 8.51. The van der Waals surface area contributed by atoms with Gasteiger partial charge in [-0.1, -0.05) is 61.3 Å². The number of rotatable bonds is 9. The van der Waals surface area contributed by atoms with E-state index in [1.165, 1.54) is 0 Å². The molecule has 0 fully saturated rings. The molecule has 0 saturated heterocycles. The first kappa shape index (κ1) is 22.8. The van der Waals surface area contributed by atoms with E-state index < -0.39 is 6.04 Å². The predicted molar refractivity (Wildman–Crippen MR) is 116 cm³/mol. The Morgan fingerprint density at radius 3 is 2.48 bits per heavy atom. The molecule has 1 atom stereocenters. The molecule has 0 radical (unpaired) electrons. The number of carbonyl (C=O) groups is 2. The predicted octanol–water partition coefficient (Wildman–Crippen LogP) is 4.22. The van der Waals surface area contributed by atoms with E-state index in [1.54, 1.807) is 36.1 Å². The van der Waals surface area contributed by atoms with Crippen LogP contribution in [0.1, 0.15) is 31.9 Å². The summed E-state index contributed by atoms with van der Waals surface area (Å²) in [5, 5.41) is 3.44. The molecule has 5 nitrogen and oxygen atoms in total. The van der Waals surface area contributed by atoms with Gasteiger partial charge in [-0.2, -0.15) is 0 Å². The van der Waals surface area contributed by atoms with Gasteiger partial charge in [0.05, 0.1) is 0 Å². The van der Waals surface area contributed by atoms with E-state index in [0.717, 1.165) is 11.1 Å².